The van der Waals surface area contributed by atoms with Crippen LogP contribution in [0.3, 0.4) is 0 Å². The van der Waals surface area contributed by atoms with E-state index in [0.29, 0.717) is 19.0 Å². The lowest BCUT2D eigenvalue weighted by molar-refractivity contribution is -0.130. The first-order chi connectivity index (χ1) is 9.70. The van der Waals surface area contributed by atoms with Crippen molar-refractivity contribution < 1.29 is 9.90 Å². The fraction of sp³-hybridized carbons (Fsp3) is 0.500. The van der Waals surface area contributed by atoms with Gasteiger partial charge in [-0.1, -0.05) is 30.3 Å². The molecule has 1 aliphatic carbocycles. The predicted molar refractivity (Wildman–Crippen MR) is 73.6 cm³/mol. The normalized spacial score (nSPS) is 29.8. The third kappa shape index (κ3) is 2.19. The van der Waals surface area contributed by atoms with Crippen molar-refractivity contribution in [3.8, 4) is 6.07 Å². The highest BCUT2D eigenvalue weighted by atomic mass is 16.3. The average Bonchev–Trinajstić information content (AvgIpc) is 3.03. The smallest absolute Gasteiger partial charge is 0.244 e. The van der Waals surface area contributed by atoms with Gasteiger partial charge >= 0.3 is 0 Å². The minimum atomic E-state index is -0.729. The molecular formula is C16H18N2O2. The number of nitrogens with zero attached hydrogens (tertiary/aromatic N) is 2. The molecule has 1 aromatic carbocycles. The molecule has 1 saturated carbocycles. The van der Waals surface area contributed by atoms with Gasteiger partial charge in [0.2, 0.25) is 5.91 Å². The summed E-state index contributed by atoms with van der Waals surface area (Å²) in [5.74, 6) is -0.245. The van der Waals surface area contributed by atoms with Crippen LogP contribution in [0.2, 0.25) is 0 Å². The van der Waals surface area contributed by atoms with E-state index < -0.39 is 5.92 Å². The number of aliphatic hydroxyl groups excluding tert-OH is 1. The zero-order valence-corrected chi connectivity index (χ0v) is 11.3. The van der Waals surface area contributed by atoms with Gasteiger partial charge in [0.05, 0.1) is 12.2 Å². The van der Waals surface area contributed by atoms with Crippen LogP contribution in [-0.2, 0) is 4.79 Å². The topological polar surface area (TPSA) is 64.3 Å². The van der Waals surface area contributed by atoms with Crippen LogP contribution in [0.4, 0.5) is 0 Å². The highest BCUT2D eigenvalue weighted by molar-refractivity contribution is 5.86. The van der Waals surface area contributed by atoms with Crippen molar-refractivity contribution in [2.24, 2.45) is 11.8 Å². The standard InChI is InChI=1S/C16H18N2O2/c17-8-13(11-4-2-1-3-5-11)16(20)18-9-12-6-7-15(19)14(12)10-18/h1-5,12-15,19H,6-7,9-10H2. The average molecular weight is 270 g/mol. The Labute approximate surface area is 118 Å². The fourth-order valence-corrected chi connectivity index (χ4v) is 3.52. The van der Waals surface area contributed by atoms with Crippen LogP contribution < -0.4 is 0 Å². The van der Waals surface area contributed by atoms with Gasteiger partial charge in [0.25, 0.3) is 0 Å². The maximum atomic E-state index is 12.5. The molecule has 0 radical (unpaired) electrons. The molecule has 104 valence electrons. The maximum absolute atomic E-state index is 12.5. The zero-order chi connectivity index (χ0) is 14.1. The van der Waals surface area contributed by atoms with Crippen molar-refractivity contribution in [1.29, 1.82) is 5.26 Å². The van der Waals surface area contributed by atoms with Crippen LogP contribution in [0.5, 0.6) is 0 Å². The summed E-state index contributed by atoms with van der Waals surface area (Å²) in [5, 5.41) is 19.2. The van der Waals surface area contributed by atoms with E-state index in [1.807, 2.05) is 30.3 Å². The number of hydrogen-bond acceptors (Lipinski definition) is 3. The lowest BCUT2D eigenvalue weighted by atomic mass is 9.99. The molecule has 1 heterocycles. The van der Waals surface area contributed by atoms with Gasteiger partial charge in [-0.05, 0) is 24.3 Å². The Balaban J connectivity index is 1.75. The van der Waals surface area contributed by atoms with Crippen molar-refractivity contribution in [2.45, 2.75) is 24.9 Å². The summed E-state index contributed by atoms with van der Waals surface area (Å²) in [7, 11) is 0. The van der Waals surface area contributed by atoms with E-state index >= 15 is 0 Å². The van der Waals surface area contributed by atoms with E-state index in [1.54, 1.807) is 4.90 Å². The van der Waals surface area contributed by atoms with E-state index in [1.165, 1.54) is 0 Å². The monoisotopic (exact) mass is 270 g/mol. The summed E-state index contributed by atoms with van der Waals surface area (Å²) < 4.78 is 0. The maximum Gasteiger partial charge on any atom is 0.244 e. The lowest BCUT2D eigenvalue weighted by Gasteiger charge is -2.21. The second kappa shape index (κ2) is 5.26. The molecule has 1 aliphatic heterocycles. The Hall–Kier alpha value is -1.86. The van der Waals surface area contributed by atoms with Gasteiger partial charge in [-0.3, -0.25) is 4.79 Å². The molecule has 2 fully saturated rings. The Bertz CT molecular complexity index is 537. The summed E-state index contributed by atoms with van der Waals surface area (Å²) >= 11 is 0. The Kier molecular flexibility index (Phi) is 3.45. The molecule has 3 rings (SSSR count). The quantitative estimate of drug-likeness (QED) is 0.886. The van der Waals surface area contributed by atoms with Gasteiger partial charge in [0.15, 0.2) is 0 Å². The molecular weight excluding hydrogens is 252 g/mol. The van der Waals surface area contributed by atoms with Crippen molar-refractivity contribution in [3.05, 3.63) is 35.9 Å². The van der Waals surface area contributed by atoms with Gasteiger partial charge in [0, 0.05) is 19.0 Å². The molecule has 0 bridgehead atoms. The van der Waals surface area contributed by atoms with Gasteiger partial charge < -0.3 is 10.0 Å². The number of likely N-dealkylation sites (tertiary alicyclic amines) is 1. The summed E-state index contributed by atoms with van der Waals surface area (Å²) in [4.78, 5) is 14.3. The van der Waals surface area contributed by atoms with Crippen molar-refractivity contribution in [3.63, 3.8) is 0 Å². The minimum Gasteiger partial charge on any atom is -0.393 e. The van der Waals surface area contributed by atoms with E-state index in [0.717, 1.165) is 18.4 Å². The summed E-state index contributed by atoms with van der Waals surface area (Å²) in [6.45, 7) is 1.28. The molecule has 0 spiro atoms. The highest BCUT2D eigenvalue weighted by Crippen LogP contribution is 2.39. The number of hydrogen-bond donors (Lipinski definition) is 1. The van der Waals surface area contributed by atoms with E-state index in [4.69, 9.17) is 0 Å². The Morgan fingerprint density at radius 3 is 2.70 bits per heavy atom. The molecule has 2 aliphatic rings. The lowest BCUT2D eigenvalue weighted by Crippen LogP contribution is -2.34. The first-order valence-corrected chi connectivity index (χ1v) is 7.12. The first kappa shape index (κ1) is 13.1. The molecule has 1 N–H and O–H groups in total. The van der Waals surface area contributed by atoms with Crippen molar-refractivity contribution in [2.75, 3.05) is 13.1 Å². The number of rotatable bonds is 2. The SMILES string of the molecule is N#CC(C(=O)N1CC2CCC(O)C2C1)c1ccccc1. The third-order valence-corrected chi connectivity index (χ3v) is 4.64. The number of amides is 1. The fourth-order valence-electron chi connectivity index (χ4n) is 3.52. The van der Waals surface area contributed by atoms with Gasteiger partial charge in [-0.25, -0.2) is 0 Å². The zero-order valence-electron chi connectivity index (χ0n) is 11.3. The highest BCUT2D eigenvalue weighted by Gasteiger charge is 2.44. The second-order valence-corrected chi connectivity index (χ2v) is 5.78. The number of benzene rings is 1. The van der Waals surface area contributed by atoms with Crippen LogP contribution >= 0.6 is 0 Å². The Morgan fingerprint density at radius 1 is 1.30 bits per heavy atom. The van der Waals surface area contributed by atoms with Gasteiger partial charge in [-0.2, -0.15) is 5.26 Å². The molecule has 4 unspecified atom stereocenters. The van der Waals surface area contributed by atoms with E-state index in [9.17, 15) is 15.2 Å². The van der Waals surface area contributed by atoms with Crippen molar-refractivity contribution >= 4 is 5.91 Å². The third-order valence-electron chi connectivity index (χ3n) is 4.64. The van der Waals surface area contributed by atoms with Gasteiger partial charge in [-0.15, -0.1) is 0 Å². The molecule has 4 heteroatoms. The van der Waals surface area contributed by atoms with Crippen LogP contribution in [0, 0.1) is 23.2 Å². The summed E-state index contributed by atoms with van der Waals surface area (Å²) in [5.41, 5.74) is 0.748. The summed E-state index contributed by atoms with van der Waals surface area (Å²) in [6.07, 6.45) is 1.55. The second-order valence-electron chi connectivity index (χ2n) is 5.78. The number of aliphatic hydroxyl groups is 1. The van der Waals surface area contributed by atoms with E-state index in [-0.39, 0.29) is 17.9 Å². The molecule has 1 saturated heterocycles. The minimum absolute atomic E-state index is 0.125. The van der Waals surface area contributed by atoms with Gasteiger partial charge in [0.1, 0.15) is 5.92 Å². The predicted octanol–water partition coefficient (Wildman–Crippen LogP) is 1.52. The van der Waals surface area contributed by atoms with Crippen LogP contribution in [0.15, 0.2) is 30.3 Å². The number of fused-ring (bicyclic) bond motifs is 1. The molecule has 0 aromatic heterocycles. The summed E-state index contributed by atoms with van der Waals surface area (Å²) in [6, 6.07) is 11.3. The first-order valence-electron chi connectivity index (χ1n) is 7.12. The molecule has 20 heavy (non-hydrogen) atoms. The molecule has 1 aromatic rings. The molecule has 4 atom stereocenters. The van der Waals surface area contributed by atoms with Crippen molar-refractivity contribution in [1.82, 2.24) is 4.90 Å². The van der Waals surface area contributed by atoms with E-state index in [2.05, 4.69) is 6.07 Å². The van der Waals surface area contributed by atoms with Crippen LogP contribution in [-0.4, -0.2) is 35.1 Å². The number of carbonyl (C=O) groups excluding carboxylic acids is 1. The number of nitriles is 1. The van der Waals surface area contributed by atoms with Crippen LogP contribution in [0.1, 0.15) is 24.3 Å². The molecule has 1 amide bonds. The number of carbonyl (C=O) groups is 1. The molecule has 4 nitrogen and oxygen atoms in total. The van der Waals surface area contributed by atoms with Crippen LogP contribution in [0.25, 0.3) is 0 Å². The Morgan fingerprint density at radius 2 is 2.05 bits per heavy atom. The largest absolute Gasteiger partial charge is 0.393 e.